The van der Waals surface area contributed by atoms with Crippen LogP contribution in [0.2, 0.25) is 0 Å². The van der Waals surface area contributed by atoms with Crippen LogP contribution in [0.1, 0.15) is 31.4 Å². The molecular weight excluding hydrogens is 346 g/mol. The zero-order valence-corrected chi connectivity index (χ0v) is 16.4. The summed E-state index contributed by atoms with van der Waals surface area (Å²) in [7, 11) is 1.62. The first kappa shape index (κ1) is 21.5. The number of ether oxygens (including phenoxy) is 3. The van der Waals surface area contributed by atoms with E-state index in [0.29, 0.717) is 18.4 Å². The SMILES string of the molecule is CCNC(=NCC(O)c1ccc(OC)cc1)NCCCOCC1CCOC1. The molecule has 7 heteroatoms. The van der Waals surface area contributed by atoms with Gasteiger partial charge in [0.2, 0.25) is 0 Å². The molecule has 0 aromatic heterocycles. The monoisotopic (exact) mass is 379 g/mol. The third kappa shape index (κ3) is 8.15. The van der Waals surface area contributed by atoms with Crippen molar-refractivity contribution in [2.75, 3.05) is 53.2 Å². The van der Waals surface area contributed by atoms with Gasteiger partial charge in [-0.05, 0) is 37.5 Å². The van der Waals surface area contributed by atoms with Gasteiger partial charge in [0.05, 0.1) is 33.0 Å². The summed E-state index contributed by atoms with van der Waals surface area (Å²) < 4.78 is 16.2. The quantitative estimate of drug-likeness (QED) is 0.308. The molecule has 0 radical (unpaired) electrons. The summed E-state index contributed by atoms with van der Waals surface area (Å²) in [5.74, 6) is 2.03. The van der Waals surface area contributed by atoms with E-state index in [1.807, 2.05) is 31.2 Å². The van der Waals surface area contributed by atoms with Crippen molar-refractivity contribution in [1.82, 2.24) is 10.6 Å². The molecular formula is C20H33N3O4. The van der Waals surface area contributed by atoms with Crippen LogP contribution in [0, 0.1) is 5.92 Å². The van der Waals surface area contributed by atoms with Gasteiger partial charge < -0.3 is 30.0 Å². The molecule has 1 aromatic rings. The number of nitrogens with zero attached hydrogens (tertiary/aromatic N) is 1. The lowest BCUT2D eigenvalue weighted by atomic mass is 10.1. The average molecular weight is 380 g/mol. The largest absolute Gasteiger partial charge is 0.497 e. The smallest absolute Gasteiger partial charge is 0.191 e. The van der Waals surface area contributed by atoms with Crippen molar-refractivity contribution in [2.24, 2.45) is 10.9 Å². The summed E-state index contributed by atoms with van der Waals surface area (Å²) >= 11 is 0. The molecule has 7 nitrogen and oxygen atoms in total. The van der Waals surface area contributed by atoms with Gasteiger partial charge in [-0.3, -0.25) is 4.99 Å². The van der Waals surface area contributed by atoms with E-state index in [0.717, 1.165) is 63.7 Å². The molecule has 2 atom stereocenters. The first-order valence-corrected chi connectivity index (χ1v) is 9.72. The van der Waals surface area contributed by atoms with Crippen molar-refractivity contribution in [3.05, 3.63) is 29.8 Å². The molecule has 152 valence electrons. The van der Waals surface area contributed by atoms with E-state index in [4.69, 9.17) is 14.2 Å². The summed E-state index contributed by atoms with van der Waals surface area (Å²) in [6.45, 7) is 7.03. The standard InChI is InChI=1S/C20H33N3O4/c1-3-21-20(22-10-4-11-26-14-16-9-12-27-15-16)23-13-19(24)17-5-7-18(25-2)8-6-17/h5-8,16,19,24H,3-4,9-15H2,1-2H3,(H2,21,22,23). The maximum atomic E-state index is 10.3. The summed E-state index contributed by atoms with van der Waals surface area (Å²) in [5.41, 5.74) is 0.819. The lowest BCUT2D eigenvalue weighted by molar-refractivity contribution is 0.0888. The second-order valence-electron chi connectivity index (χ2n) is 6.59. The van der Waals surface area contributed by atoms with E-state index in [2.05, 4.69) is 15.6 Å². The van der Waals surface area contributed by atoms with Crippen LogP contribution in [-0.2, 0) is 9.47 Å². The van der Waals surface area contributed by atoms with Crippen molar-refractivity contribution in [1.29, 1.82) is 0 Å². The van der Waals surface area contributed by atoms with Gasteiger partial charge in [-0.2, -0.15) is 0 Å². The number of nitrogens with one attached hydrogen (secondary N) is 2. The molecule has 0 amide bonds. The Morgan fingerprint density at radius 1 is 1.33 bits per heavy atom. The van der Waals surface area contributed by atoms with Crippen molar-refractivity contribution in [3.63, 3.8) is 0 Å². The van der Waals surface area contributed by atoms with Crippen LogP contribution in [0.4, 0.5) is 0 Å². The molecule has 0 spiro atoms. The molecule has 1 fully saturated rings. The molecule has 2 rings (SSSR count). The lowest BCUT2D eigenvalue weighted by Crippen LogP contribution is -2.38. The number of aliphatic imine (C=N–C) groups is 1. The van der Waals surface area contributed by atoms with E-state index in [9.17, 15) is 5.11 Å². The van der Waals surface area contributed by atoms with Gasteiger partial charge in [0, 0.05) is 32.2 Å². The predicted molar refractivity (Wildman–Crippen MR) is 106 cm³/mol. The van der Waals surface area contributed by atoms with E-state index in [1.165, 1.54) is 0 Å². The minimum absolute atomic E-state index is 0.292. The normalized spacial score (nSPS) is 18.3. The third-order valence-corrected chi connectivity index (χ3v) is 4.40. The van der Waals surface area contributed by atoms with Crippen LogP contribution < -0.4 is 15.4 Å². The fraction of sp³-hybridized carbons (Fsp3) is 0.650. The van der Waals surface area contributed by atoms with Gasteiger partial charge in [-0.15, -0.1) is 0 Å². The highest BCUT2D eigenvalue weighted by Gasteiger charge is 2.15. The van der Waals surface area contributed by atoms with E-state index in [1.54, 1.807) is 7.11 Å². The van der Waals surface area contributed by atoms with Crippen LogP contribution >= 0.6 is 0 Å². The molecule has 0 bridgehead atoms. The first-order chi connectivity index (χ1) is 13.2. The van der Waals surface area contributed by atoms with Gasteiger partial charge in [0.15, 0.2) is 5.96 Å². The molecule has 3 N–H and O–H groups in total. The number of guanidine groups is 1. The van der Waals surface area contributed by atoms with Crippen LogP contribution in [0.3, 0.4) is 0 Å². The molecule has 0 saturated carbocycles. The summed E-state index contributed by atoms with van der Waals surface area (Å²) in [5, 5.41) is 16.8. The Bertz CT molecular complexity index is 545. The molecule has 1 heterocycles. The summed E-state index contributed by atoms with van der Waals surface area (Å²) in [6, 6.07) is 7.38. The van der Waals surface area contributed by atoms with E-state index in [-0.39, 0.29) is 0 Å². The highest BCUT2D eigenvalue weighted by atomic mass is 16.5. The van der Waals surface area contributed by atoms with E-state index >= 15 is 0 Å². The van der Waals surface area contributed by atoms with Crippen LogP contribution in [0.25, 0.3) is 0 Å². The number of methoxy groups -OCH3 is 1. The van der Waals surface area contributed by atoms with Gasteiger partial charge in [-0.1, -0.05) is 12.1 Å². The van der Waals surface area contributed by atoms with Gasteiger partial charge in [0.25, 0.3) is 0 Å². The molecule has 2 unspecified atom stereocenters. The van der Waals surface area contributed by atoms with Crippen molar-refractivity contribution in [2.45, 2.75) is 25.9 Å². The number of rotatable bonds is 11. The number of aliphatic hydroxyl groups is 1. The van der Waals surface area contributed by atoms with Crippen LogP contribution in [0.5, 0.6) is 5.75 Å². The van der Waals surface area contributed by atoms with E-state index < -0.39 is 6.10 Å². The number of aliphatic hydroxyl groups excluding tert-OH is 1. The Morgan fingerprint density at radius 2 is 2.15 bits per heavy atom. The lowest BCUT2D eigenvalue weighted by Gasteiger charge is -2.14. The topological polar surface area (TPSA) is 84.3 Å². The minimum atomic E-state index is -0.650. The maximum Gasteiger partial charge on any atom is 0.191 e. The summed E-state index contributed by atoms with van der Waals surface area (Å²) in [4.78, 5) is 4.47. The minimum Gasteiger partial charge on any atom is -0.497 e. The van der Waals surface area contributed by atoms with Crippen molar-refractivity contribution < 1.29 is 19.3 Å². The Balaban J connectivity index is 1.67. The van der Waals surface area contributed by atoms with Gasteiger partial charge in [0.1, 0.15) is 5.75 Å². The van der Waals surface area contributed by atoms with Crippen molar-refractivity contribution >= 4 is 5.96 Å². The Labute approximate surface area is 162 Å². The van der Waals surface area contributed by atoms with Gasteiger partial charge in [-0.25, -0.2) is 0 Å². The zero-order chi connectivity index (χ0) is 19.3. The number of benzene rings is 1. The van der Waals surface area contributed by atoms with Crippen molar-refractivity contribution in [3.8, 4) is 5.75 Å². The molecule has 1 aliphatic rings. The maximum absolute atomic E-state index is 10.3. The highest BCUT2D eigenvalue weighted by molar-refractivity contribution is 5.79. The third-order valence-electron chi connectivity index (χ3n) is 4.40. The average Bonchev–Trinajstić information content (AvgIpc) is 3.22. The second kappa shape index (κ2) is 12.5. The molecule has 0 aliphatic carbocycles. The molecule has 1 saturated heterocycles. The fourth-order valence-corrected chi connectivity index (χ4v) is 2.80. The van der Waals surface area contributed by atoms with Gasteiger partial charge >= 0.3 is 0 Å². The van der Waals surface area contributed by atoms with Crippen LogP contribution in [-0.4, -0.2) is 64.2 Å². The first-order valence-electron chi connectivity index (χ1n) is 9.72. The number of hydrogen-bond acceptors (Lipinski definition) is 5. The Morgan fingerprint density at radius 3 is 2.81 bits per heavy atom. The molecule has 1 aromatic carbocycles. The van der Waals surface area contributed by atoms with Crippen LogP contribution in [0.15, 0.2) is 29.3 Å². The molecule has 27 heavy (non-hydrogen) atoms. The Hall–Kier alpha value is -1.83. The fourth-order valence-electron chi connectivity index (χ4n) is 2.80. The molecule has 1 aliphatic heterocycles. The zero-order valence-electron chi connectivity index (χ0n) is 16.4. The summed E-state index contributed by atoms with van der Waals surface area (Å²) in [6.07, 6.45) is 1.36. The predicted octanol–water partition coefficient (Wildman–Crippen LogP) is 1.73. The number of hydrogen-bond donors (Lipinski definition) is 3. The second-order valence-corrected chi connectivity index (χ2v) is 6.59. The Kier molecular flexibility index (Phi) is 9.97. The highest BCUT2D eigenvalue weighted by Crippen LogP contribution is 2.17.